The molecule has 0 amide bonds. The molecule has 1 nitrogen and oxygen atoms in total. The third-order valence-electron chi connectivity index (χ3n) is 2.12. The second-order valence-electron chi connectivity index (χ2n) is 3.31. The quantitative estimate of drug-likeness (QED) is 0.758. The molecule has 0 fully saturated rings. The molecule has 1 heterocycles. The number of rotatable bonds is 1. The van der Waals surface area contributed by atoms with Gasteiger partial charge in [0.2, 0.25) is 0 Å². The van der Waals surface area contributed by atoms with Gasteiger partial charge in [0.15, 0.2) is 0 Å². The van der Waals surface area contributed by atoms with Crippen molar-refractivity contribution < 1.29 is 0 Å². The standard InChI is InChI=1S/C11H9BrClNS/c1-6-4-10(15-11(6)13)8-3-2-7(14)5-9(8)12/h2-5H,14H2,1H3. The van der Waals surface area contributed by atoms with Gasteiger partial charge >= 0.3 is 0 Å². The topological polar surface area (TPSA) is 26.0 Å². The highest BCUT2D eigenvalue weighted by Crippen LogP contribution is 2.38. The van der Waals surface area contributed by atoms with Crippen LogP contribution in [0.2, 0.25) is 4.34 Å². The molecule has 0 aliphatic rings. The molecule has 0 bridgehead atoms. The zero-order valence-electron chi connectivity index (χ0n) is 8.05. The number of aryl methyl sites for hydroxylation is 1. The first-order chi connectivity index (χ1) is 7.08. The van der Waals surface area contributed by atoms with Gasteiger partial charge in [-0.25, -0.2) is 0 Å². The van der Waals surface area contributed by atoms with Crippen molar-refractivity contribution >= 4 is 44.6 Å². The maximum atomic E-state index is 6.04. The molecule has 0 aliphatic carbocycles. The second-order valence-corrected chi connectivity index (χ2v) is 5.82. The highest BCUT2D eigenvalue weighted by Gasteiger charge is 2.08. The predicted octanol–water partition coefficient (Wildman–Crippen LogP) is 4.72. The molecule has 2 rings (SSSR count). The highest BCUT2D eigenvalue weighted by atomic mass is 79.9. The van der Waals surface area contributed by atoms with Gasteiger partial charge in [0, 0.05) is 20.6 Å². The lowest BCUT2D eigenvalue weighted by Crippen LogP contribution is -1.84. The summed E-state index contributed by atoms with van der Waals surface area (Å²) >= 11 is 11.1. The van der Waals surface area contributed by atoms with E-state index in [0.29, 0.717) is 0 Å². The SMILES string of the molecule is Cc1cc(-c2ccc(N)cc2Br)sc1Cl. The van der Waals surface area contributed by atoms with Gasteiger partial charge in [-0.15, -0.1) is 11.3 Å². The second kappa shape index (κ2) is 4.16. The fourth-order valence-electron chi connectivity index (χ4n) is 1.32. The van der Waals surface area contributed by atoms with Crippen LogP contribution in [-0.2, 0) is 0 Å². The summed E-state index contributed by atoms with van der Waals surface area (Å²) in [6.07, 6.45) is 0. The van der Waals surface area contributed by atoms with Crippen LogP contribution < -0.4 is 5.73 Å². The molecule has 0 spiro atoms. The smallest absolute Gasteiger partial charge is 0.0963 e. The fourth-order valence-corrected chi connectivity index (χ4v) is 3.31. The third-order valence-corrected chi connectivity index (χ3v) is 4.36. The molecule has 0 unspecified atom stereocenters. The van der Waals surface area contributed by atoms with Crippen molar-refractivity contribution in [3.05, 3.63) is 38.6 Å². The van der Waals surface area contributed by atoms with Crippen LogP contribution in [0, 0.1) is 6.92 Å². The van der Waals surface area contributed by atoms with E-state index in [2.05, 4.69) is 22.0 Å². The summed E-state index contributed by atoms with van der Waals surface area (Å²) in [6.45, 7) is 2.01. The number of nitrogens with two attached hydrogens (primary N) is 1. The zero-order chi connectivity index (χ0) is 11.0. The summed E-state index contributed by atoms with van der Waals surface area (Å²) in [6, 6.07) is 7.88. The van der Waals surface area contributed by atoms with Crippen LogP contribution >= 0.6 is 38.9 Å². The molecule has 0 aliphatic heterocycles. The Balaban J connectivity index is 2.54. The summed E-state index contributed by atoms with van der Waals surface area (Å²) in [4.78, 5) is 1.16. The molecule has 0 saturated heterocycles. The Kier molecular flexibility index (Phi) is 3.05. The maximum Gasteiger partial charge on any atom is 0.0963 e. The lowest BCUT2D eigenvalue weighted by atomic mass is 10.1. The first-order valence-corrected chi connectivity index (χ1v) is 6.38. The van der Waals surface area contributed by atoms with Gasteiger partial charge in [-0.1, -0.05) is 33.6 Å². The first-order valence-electron chi connectivity index (χ1n) is 4.39. The number of hydrogen-bond donors (Lipinski definition) is 1. The van der Waals surface area contributed by atoms with Gasteiger partial charge in [-0.3, -0.25) is 0 Å². The van der Waals surface area contributed by atoms with E-state index in [1.165, 1.54) is 0 Å². The third kappa shape index (κ3) is 2.19. The van der Waals surface area contributed by atoms with Crippen LogP contribution in [0.15, 0.2) is 28.7 Å². The van der Waals surface area contributed by atoms with E-state index in [1.54, 1.807) is 11.3 Å². The lowest BCUT2D eigenvalue weighted by molar-refractivity contribution is 1.54. The van der Waals surface area contributed by atoms with E-state index in [-0.39, 0.29) is 0 Å². The molecule has 0 radical (unpaired) electrons. The Hall–Kier alpha value is -0.510. The van der Waals surface area contributed by atoms with E-state index in [9.17, 15) is 0 Å². The van der Waals surface area contributed by atoms with Crippen LogP contribution in [0.3, 0.4) is 0 Å². The van der Waals surface area contributed by atoms with Crippen LogP contribution in [0.5, 0.6) is 0 Å². The molecule has 2 aromatic rings. The Bertz CT molecular complexity index is 488. The molecular formula is C11H9BrClNS. The van der Waals surface area contributed by atoms with Crippen LogP contribution in [0.1, 0.15) is 5.56 Å². The summed E-state index contributed by atoms with van der Waals surface area (Å²) < 4.78 is 1.84. The summed E-state index contributed by atoms with van der Waals surface area (Å²) in [7, 11) is 0. The highest BCUT2D eigenvalue weighted by molar-refractivity contribution is 9.10. The zero-order valence-corrected chi connectivity index (χ0v) is 11.2. The van der Waals surface area contributed by atoms with Gasteiger partial charge in [0.05, 0.1) is 4.34 Å². The molecule has 1 aromatic carbocycles. The first kappa shape index (κ1) is 11.0. The van der Waals surface area contributed by atoms with E-state index in [4.69, 9.17) is 17.3 Å². The molecule has 1 aromatic heterocycles. The van der Waals surface area contributed by atoms with Crippen LogP contribution in [-0.4, -0.2) is 0 Å². The Labute approximate surface area is 106 Å². The molecule has 15 heavy (non-hydrogen) atoms. The van der Waals surface area contributed by atoms with Gasteiger partial charge < -0.3 is 5.73 Å². The van der Waals surface area contributed by atoms with Gasteiger partial charge in [-0.2, -0.15) is 0 Å². The van der Waals surface area contributed by atoms with E-state index < -0.39 is 0 Å². The van der Waals surface area contributed by atoms with Crippen molar-refractivity contribution in [2.24, 2.45) is 0 Å². The average molecular weight is 303 g/mol. The largest absolute Gasteiger partial charge is 0.399 e. The van der Waals surface area contributed by atoms with Gasteiger partial charge in [0.25, 0.3) is 0 Å². The molecule has 0 atom stereocenters. The monoisotopic (exact) mass is 301 g/mol. The van der Waals surface area contributed by atoms with Crippen molar-refractivity contribution in [3.8, 4) is 10.4 Å². The van der Waals surface area contributed by atoms with E-state index in [0.717, 1.165) is 30.5 Å². The van der Waals surface area contributed by atoms with Crippen molar-refractivity contribution in [3.63, 3.8) is 0 Å². The Morgan fingerprint density at radius 1 is 1.33 bits per heavy atom. The van der Waals surface area contributed by atoms with Crippen LogP contribution in [0.4, 0.5) is 5.69 Å². The Morgan fingerprint density at radius 3 is 2.60 bits per heavy atom. The summed E-state index contributed by atoms with van der Waals surface area (Å²) in [5.41, 5.74) is 8.68. The van der Waals surface area contributed by atoms with Gasteiger partial charge in [0.1, 0.15) is 0 Å². The fraction of sp³-hybridized carbons (Fsp3) is 0.0909. The minimum atomic E-state index is 0.755. The summed E-state index contributed by atoms with van der Waals surface area (Å²) in [5, 5.41) is 0. The molecule has 2 N–H and O–H groups in total. The number of thiophene rings is 1. The van der Waals surface area contributed by atoms with Crippen LogP contribution in [0.25, 0.3) is 10.4 Å². The van der Waals surface area contributed by atoms with Crippen molar-refractivity contribution in [2.75, 3.05) is 5.73 Å². The van der Waals surface area contributed by atoms with Crippen molar-refractivity contribution in [2.45, 2.75) is 6.92 Å². The number of anilines is 1. The number of nitrogen functional groups attached to an aromatic ring is 1. The van der Waals surface area contributed by atoms with Gasteiger partial charge in [-0.05, 0) is 30.7 Å². The van der Waals surface area contributed by atoms with Crippen molar-refractivity contribution in [1.82, 2.24) is 0 Å². The Morgan fingerprint density at radius 2 is 2.07 bits per heavy atom. The molecule has 0 saturated carbocycles. The number of halogens is 2. The minimum Gasteiger partial charge on any atom is -0.399 e. The normalized spacial score (nSPS) is 10.6. The number of benzene rings is 1. The predicted molar refractivity (Wildman–Crippen MR) is 71.6 cm³/mol. The minimum absolute atomic E-state index is 0.755. The molecular weight excluding hydrogens is 294 g/mol. The molecule has 78 valence electrons. The van der Waals surface area contributed by atoms with E-state index >= 15 is 0 Å². The van der Waals surface area contributed by atoms with E-state index in [1.807, 2.05) is 25.1 Å². The van der Waals surface area contributed by atoms with Crippen molar-refractivity contribution in [1.29, 1.82) is 0 Å². The molecule has 4 heteroatoms. The lowest BCUT2D eigenvalue weighted by Gasteiger charge is -2.02. The number of hydrogen-bond acceptors (Lipinski definition) is 2. The summed E-state index contributed by atoms with van der Waals surface area (Å²) in [5.74, 6) is 0. The average Bonchev–Trinajstić information content (AvgIpc) is 2.46. The maximum absolute atomic E-state index is 6.04.